The molecule has 0 atom stereocenters. The van der Waals surface area contributed by atoms with Gasteiger partial charge in [-0.2, -0.15) is 0 Å². The number of phenolic OH excluding ortho intramolecular Hbond substituents is 1. The predicted octanol–water partition coefficient (Wildman–Crippen LogP) is 5.22. The molecule has 1 N–H and O–H groups in total. The Hall–Kier alpha value is -2.69. The molecule has 5 nitrogen and oxygen atoms in total. The number of hydrogen-bond acceptors (Lipinski definition) is 5. The number of benzene rings is 1. The van der Waals surface area contributed by atoms with Gasteiger partial charge in [0.15, 0.2) is 5.43 Å². The normalized spacial score (nSPS) is 10.6. The summed E-state index contributed by atoms with van der Waals surface area (Å²) in [5, 5.41) is 13.9. The van der Waals surface area contributed by atoms with Gasteiger partial charge < -0.3 is 9.52 Å². The quantitative estimate of drug-likeness (QED) is 0.597. The summed E-state index contributed by atoms with van der Waals surface area (Å²) in [5.74, 6) is 0.195. The summed E-state index contributed by atoms with van der Waals surface area (Å²) in [5.41, 5.74) is 3.05. The van der Waals surface area contributed by atoms with E-state index in [0.29, 0.717) is 29.7 Å². The minimum atomic E-state index is -0.328. The van der Waals surface area contributed by atoms with Crippen molar-refractivity contribution in [3.05, 3.63) is 61.4 Å². The Balaban J connectivity index is 2.95. The van der Waals surface area contributed by atoms with Crippen LogP contribution in [0, 0.1) is 11.8 Å². The molecule has 1 aromatic carbocycles. The third kappa shape index (κ3) is 3.87. The molecule has 0 radical (unpaired) electrons. The summed E-state index contributed by atoms with van der Waals surface area (Å²) < 4.78 is 5.71. The van der Waals surface area contributed by atoms with E-state index in [4.69, 9.17) is 4.42 Å². The van der Waals surface area contributed by atoms with Gasteiger partial charge in [-0.05, 0) is 52.6 Å². The highest BCUT2D eigenvalue weighted by Gasteiger charge is 2.22. The van der Waals surface area contributed by atoms with Crippen LogP contribution < -0.4 is 5.43 Å². The zero-order valence-corrected chi connectivity index (χ0v) is 15.3. The van der Waals surface area contributed by atoms with Crippen LogP contribution >= 0.6 is 0 Å². The molecule has 0 aliphatic rings. The Labute approximate surface area is 146 Å². The number of nitroso groups, excluding NO2 is 1. The first-order chi connectivity index (χ1) is 11.8. The summed E-state index contributed by atoms with van der Waals surface area (Å²) in [7, 11) is 0. The van der Waals surface area contributed by atoms with Crippen molar-refractivity contribution in [2.75, 3.05) is 0 Å². The number of phenols is 1. The van der Waals surface area contributed by atoms with E-state index in [1.54, 1.807) is 6.92 Å². The average Bonchev–Trinajstić information content (AvgIpc) is 2.51. The fourth-order valence-electron chi connectivity index (χ4n) is 2.70. The molecule has 0 amide bonds. The largest absolute Gasteiger partial charge is 0.507 e. The molecule has 2 aromatic rings. The number of rotatable bonds is 5. The van der Waals surface area contributed by atoms with E-state index < -0.39 is 0 Å². The Bertz CT molecular complexity index is 941. The van der Waals surface area contributed by atoms with E-state index in [9.17, 15) is 14.8 Å². The molecule has 0 saturated heterocycles. The minimum Gasteiger partial charge on any atom is -0.507 e. The van der Waals surface area contributed by atoms with Crippen LogP contribution in [0.15, 0.2) is 43.8 Å². The summed E-state index contributed by atoms with van der Waals surface area (Å²) in [6.07, 6.45) is 4.54. The van der Waals surface area contributed by atoms with Gasteiger partial charge >= 0.3 is 0 Å². The zero-order valence-electron chi connectivity index (χ0n) is 15.3. The standard InChI is InChI=1S/C20H23NO4/c1-11(2)6-8-14-18(21-24)15(9-7-12(3)4)20-17(19(14)23)16(22)10-13(5)25-20/h6-7,10,23H,8-9H2,1-5H3. The van der Waals surface area contributed by atoms with Gasteiger partial charge in [0, 0.05) is 17.2 Å². The SMILES string of the molecule is CC(C)=CCc1c(N=O)c(CC=C(C)C)c2oc(C)cc(=O)c2c1O. The molecule has 2 rings (SSSR count). The van der Waals surface area contributed by atoms with Crippen LogP contribution in [-0.2, 0) is 12.8 Å². The van der Waals surface area contributed by atoms with Crippen molar-refractivity contribution in [3.63, 3.8) is 0 Å². The van der Waals surface area contributed by atoms with Crippen molar-refractivity contribution in [1.82, 2.24) is 0 Å². The van der Waals surface area contributed by atoms with Crippen LogP contribution in [0.3, 0.4) is 0 Å². The molecule has 0 saturated carbocycles. The molecular formula is C20H23NO4. The number of fused-ring (bicyclic) bond motifs is 1. The van der Waals surface area contributed by atoms with Crippen LogP contribution in [0.4, 0.5) is 5.69 Å². The van der Waals surface area contributed by atoms with Crippen molar-refractivity contribution >= 4 is 16.7 Å². The fraction of sp³-hybridized carbons (Fsp3) is 0.350. The van der Waals surface area contributed by atoms with Crippen molar-refractivity contribution in [3.8, 4) is 5.75 Å². The van der Waals surface area contributed by atoms with E-state index >= 15 is 0 Å². The zero-order chi connectivity index (χ0) is 18.7. The highest BCUT2D eigenvalue weighted by molar-refractivity contribution is 5.92. The maximum Gasteiger partial charge on any atom is 0.196 e. The second-order valence-electron chi connectivity index (χ2n) is 6.64. The van der Waals surface area contributed by atoms with Crippen molar-refractivity contribution in [2.24, 2.45) is 5.18 Å². The Morgan fingerprint density at radius 1 is 1.12 bits per heavy atom. The lowest BCUT2D eigenvalue weighted by atomic mass is 9.96. The van der Waals surface area contributed by atoms with Gasteiger partial charge in [0.2, 0.25) is 0 Å². The van der Waals surface area contributed by atoms with Crippen molar-refractivity contribution in [2.45, 2.75) is 47.5 Å². The first-order valence-electron chi connectivity index (χ1n) is 8.17. The fourth-order valence-corrected chi connectivity index (χ4v) is 2.70. The third-order valence-electron chi connectivity index (χ3n) is 3.96. The summed E-state index contributed by atoms with van der Waals surface area (Å²) in [6.45, 7) is 9.40. The molecule has 0 spiro atoms. The van der Waals surface area contributed by atoms with Crippen molar-refractivity contribution in [1.29, 1.82) is 0 Å². The van der Waals surface area contributed by atoms with Crippen LogP contribution in [0.5, 0.6) is 5.75 Å². The van der Waals surface area contributed by atoms with E-state index in [1.807, 2.05) is 39.8 Å². The van der Waals surface area contributed by atoms with E-state index in [-0.39, 0.29) is 27.8 Å². The topological polar surface area (TPSA) is 79.9 Å². The average molecular weight is 341 g/mol. The Kier molecular flexibility index (Phi) is 5.57. The van der Waals surface area contributed by atoms with Crippen LogP contribution in [0.2, 0.25) is 0 Å². The van der Waals surface area contributed by atoms with E-state index in [2.05, 4.69) is 5.18 Å². The molecule has 0 fully saturated rings. The second kappa shape index (κ2) is 7.47. The lowest BCUT2D eigenvalue weighted by Crippen LogP contribution is -2.05. The Morgan fingerprint density at radius 3 is 2.20 bits per heavy atom. The second-order valence-corrected chi connectivity index (χ2v) is 6.64. The van der Waals surface area contributed by atoms with Crippen molar-refractivity contribution < 1.29 is 9.52 Å². The van der Waals surface area contributed by atoms with Gasteiger partial charge in [-0.15, -0.1) is 4.91 Å². The van der Waals surface area contributed by atoms with Gasteiger partial charge in [0.05, 0.1) is 0 Å². The maximum atomic E-state index is 12.4. The number of aryl methyl sites for hydroxylation is 1. The van der Waals surface area contributed by atoms with Crippen LogP contribution in [-0.4, -0.2) is 5.11 Å². The molecule has 0 bridgehead atoms. The van der Waals surface area contributed by atoms with E-state index in [0.717, 1.165) is 11.1 Å². The lowest BCUT2D eigenvalue weighted by Gasteiger charge is -2.13. The van der Waals surface area contributed by atoms with Gasteiger partial charge in [-0.25, -0.2) is 0 Å². The summed E-state index contributed by atoms with van der Waals surface area (Å²) >= 11 is 0. The van der Waals surface area contributed by atoms with Gasteiger partial charge in [-0.1, -0.05) is 23.3 Å². The minimum absolute atomic E-state index is 0.104. The Morgan fingerprint density at radius 2 is 1.68 bits per heavy atom. The molecule has 132 valence electrons. The summed E-state index contributed by atoms with van der Waals surface area (Å²) in [6, 6.07) is 1.34. The molecule has 0 aliphatic carbocycles. The molecule has 25 heavy (non-hydrogen) atoms. The van der Waals surface area contributed by atoms with Gasteiger partial charge in [0.1, 0.15) is 28.2 Å². The smallest absolute Gasteiger partial charge is 0.196 e. The van der Waals surface area contributed by atoms with Gasteiger partial charge in [0.25, 0.3) is 0 Å². The molecule has 1 aromatic heterocycles. The van der Waals surface area contributed by atoms with Crippen LogP contribution in [0.25, 0.3) is 11.0 Å². The molecule has 0 unspecified atom stereocenters. The van der Waals surface area contributed by atoms with E-state index in [1.165, 1.54) is 6.07 Å². The third-order valence-corrected chi connectivity index (χ3v) is 3.96. The number of allylic oxidation sites excluding steroid dienone is 4. The first-order valence-corrected chi connectivity index (χ1v) is 8.17. The highest BCUT2D eigenvalue weighted by Crippen LogP contribution is 2.40. The molecule has 5 heteroatoms. The number of nitrogens with zero attached hydrogens (tertiary/aromatic N) is 1. The molecule has 1 heterocycles. The van der Waals surface area contributed by atoms with Crippen LogP contribution in [0.1, 0.15) is 44.6 Å². The van der Waals surface area contributed by atoms with Gasteiger partial charge in [-0.3, -0.25) is 4.79 Å². The first kappa shape index (κ1) is 18.6. The monoisotopic (exact) mass is 341 g/mol. The number of hydrogen-bond donors (Lipinski definition) is 1. The maximum absolute atomic E-state index is 12.4. The molecular weight excluding hydrogens is 318 g/mol. The predicted molar refractivity (Wildman–Crippen MR) is 101 cm³/mol. The highest BCUT2D eigenvalue weighted by atomic mass is 16.3. The molecule has 0 aliphatic heterocycles. The summed E-state index contributed by atoms with van der Waals surface area (Å²) in [4.78, 5) is 24.0. The lowest BCUT2D eigenvalue weighted by molar-refractivity contribution is 0.473. The number of aromatic hydroxyl groups is 1.